The van der Waals surface area contributed by atoms with Crippen LogP contribution in [0.15, 0.2) is 0 Å². The van der Waals surface area contributed by atoms with Gasteiger partial charge >= 0.3 is 3.81 Å². The topological polar surface area (TPSA) is 0 Å². The van der Waals surface area contributed by atoms with Crippen LogP contribution in [0.3, 0.4) is 0 Å². The molecular formula is C12H27BCl4P-. The highest BCUT2D eigenvalue weighted by atomic mass is 35.6. The maximum Gasteiger partial charge on any atom is 0.328 e. The lowest BCUT2D eigenvalue weighted by Gasteiger charge is -2.49. The van der Waals surface area contributed by atoms with E-state index in [0.717, 1.165) is 0 Å². The summed E-state index contributed by atoms with van der Waals surface area (Å²) in [5, 5.41) is 1.35. The van der Waals surface area contributed by atoms with Crippen molar-refractivity contribution in [2.24, 2.45) is 0 Å². The van der Waals surface area contributed by atoms with Crippen LogP contribution in [0.1, 0.15) is 62.3 Å². The quantitative estimate of drug-likeness (QED) is 0.317. The summed E-state index contributed by atoms with van der Waals surface area (Å²) in [5.41, 5.74) is 0. The summed E-state index contributed by atoms with van der Waals surface area (Å²) in [5.74, 6) is 0. The highest BCUT2D eigenvalue weighted by molar-refractivity contribution is 7.81. The predicted octanol–water partition coefficient (Wildman–Crippen LogP) is 7.24. The van der Waals surface area contributed by atoms with Gasteiger partial charge in [-0.3, -0.25) is 0 Å². The molecule has 0 N–H and O–H groups in total. The lowest BCUT2D eigenvalue weighted by atomic mass is 10.2. The molecule has 0 aliphatic rings. The van der Waals surface area contributed by atoms with Crippen LogP contribution in [0.4, 0.5) is 0 Å². The lowest BCUT2D eigenvalue weighted by Crippen LogP contribution is -2.34. The van der Waals surface area contributed by atoms with Gasteiger partial charge in [-0.25, -0.2) is 0 Å². The van der Waals surface area contributed by atoms with Gasteiger partial charge in [0.25, 0.3) is 0 Å². The van der Waals surface area contributed by atoms with Crippen molar-refractivity contribution in [1.29, 1.82) is 0 Å². The first-order valence-corrected chi connectivity index (χ1v) is 9.13. The number of hydrogen-bond donors (Lipinski definition) is 0. The molecule has 0 radical (unpaired) electrons. The largest absolute Gasteiger partial charge is 0.332 e. The third-order valence-electron chi connectivity index (χ3n) is 2.01. The molecule has 0 bridgehead atoms. The molecule has 18 heavy (non-hydrogen) atoms. The first kappa shape index (κ1) is 21.9. The van der Waals surface area contributed by atoms with Crippen LogP contribution in [0, 0.1) is 0 Å². The molecule has 0 heterocycles. The Morgan fingerprint density at radius 2 is 0.667 bits per heavy atom. The van der Waals surface area contributed by atoms with Crippen molar-refractivity contribution in [3.05, 3.63) is 0 Å². The molecule has 0 spiro atoms. The summed E-state index contributed by atoms with van der Waals surface area (Å²) >= 11 is 19.6. The molecule has 0 amide bonds. The molecule has 0 aliphatic heterocycles. The highest BCUT2D eigenvalue weighted by Gasteiger charge is 2.41. The summed E-state index contributed by atoms with van der Waals surface area (Å²) in [4.78, 5) is 0. The highest BCUT2D eigenvalue weighted by Crippen LogP contribution is 2.66. The summed E-state index contributed by atoms with van der Waals surface area (Å²) in [7, 11) is 0.0162. The molecule has 0 rings (SSSR count). The van der Waals surface area contributed by atoms with Gasteiger partial charge in [0.1, 0.15) is 0 Å². The fraction of sp³-hybridized carbons (Fsp3) is 1.00. The van der Waals surface area contributed by atoms with Crippen LogP contribution in [0.25, 0.3) is 0 Å². The Hall–Kier alpha value is 1.65. The Morgan fingerprint density at radius 1 is 0.556 bits per heavy atom. The van der Waals surface area contributed by atoms with Crippen molar-refractivity contribution in [3.8, 4) is 0 Å². The van der Waals surface area contributed by atoms with Gasteiger partial charge < -0.3 is 45.8 Å². The molecule has 0 aromatic heterocycles. The molecule has 0 nitrogen and oxygen atoms in total. The Labute approximate surface area is 135 Å². The van der Waals surface area contributed by atoms with Gasteiger partial charge in [-0.05, 0) is 15.5 Å². The molecule has 0 saturated carbocycles. The Bertz CT molecular complexity index is 203. The van der Waals surface area contributed by atoms with E-state index in [2.05, 4.69) is 62.3 Å². The zero-order chi connectivity index (χ0) is 15.6. The number of halogens is 4. The van der Waals surface area contributed by atoms with E-state index in [9.17, 15) is 0 Å². The number of hydrogen-bond acceptors (Lipinski definition) is 0. The summed E-state index contributed by atoms with van der Waals surface area (Å²) in [6.07, 6.45) is 0. The van der Waals surface area contributed by atoms with Crippen LogP contribution in [0.5, 0.6) is 0 Å². The first-order chi connectivity index (χ1) is 7.37. The molecular weight excluding hydrogens is 328 g/mol. The van der Waals surface area contributed by atoms with E-state index in [1.165, 1.54) is 0 Å². The minimum Gasteiger partial charge on any atom is -0.332 e. The van der Waals surface area contributed by atoms with Crippen molar-refractivity contribution in [1.82, 2.24) is 0 Å². The molecule has 0 aromatic rings. The normalized spacial score (nSPS) is 14.3. The van der Waals surface area contributed by atoms with Gasteiger partial charge in [0, 0.05) is 0 Å². The van der Waals surface area contributed by atoms with Gasteiger partial charge in [0.05, 0.1) is 0 Å². The van der Waals surface area contributed by atoms with Gasteiger partial charge in [-0.2, -0.15) is 0 Å². The molecule has 0 fully saturated rings. The second-order valence-electron chi connectivity index (χ2n) is 7.34. The average Bonchev–Trinajstić information content (AvgIpc) is 1.65. The van der Waals surface area contributed by atoms with E-state index in [4.69, 9.17) is 45.8 Å². The van der Waals surface area contributed by atoms with E-state index in [0.29, 0.717) is 15.5 Å². The lowest BCUT2D eigenvalue weighted by molar-refractivity contribution is 0.644. The third-order valence-corrected chi connectivity index (χ3v) is 6.04. The zero-order valence-electron chi connectivity index (χ0n) is 13.0. The van der Waals surface area contributed by atoms with Crippen LogP contribution in [0.2, 0.25) is 0 Å². The number of rotatable bonds is 0. The van der Waals surface area contributed by atoms with Crippen molar-refractivity contribution >= 4 is 57.6 Å². The SMILES string of the molecule is CC(C)(C)P(C(C)(C)C)C(C)(C)C.Cl[B-](Cl)(Cl)Cl. The molecule has 112 valence electrons. The molecule has 0 aromatic carbocycles. The van der Waals surface area contributed by atoms with E-state index in [-0.39, 0.29) is 7.92 Å². The summed E-state index contributed by atoms with van der Waals surface area (Å²) in [6, 6.07) is 0. The molecule has 0 atom stereocenters. The van der Waals surface area contributed by atoms with Crippen molar-refractivity contribution in [3.63, 3.8) is 0 Å². The van der Waals surface area contributed by atoms with Crippen molar-refractivity contribution in [2.45, 2.75) is 77.8 Å². The standard InChI is InChI=1S/C12H27P.BCl4/c1-10(2,3)13(11(4,5)6)12(7,8)9;2-1(3,4)5/h1-9H3;/q;-1. The predicted molar refractivity (Wildman–Crippen MR) is 95.3 cm³/mol. The maximum atomic E-state index is 4.89. The molecule has 0 unspecified atom stereocenters. The van der Waals surface area contributed by atoms with Crippen molar-refractivity contribution < 1.29 is 0 Å². The Morgan fingerprint density at radius 3 is 0.667 bits per heavy atom. The van der Waals surface area contributed by atoms with Gasteiger partial charge in [0.2, 0.25) is 0 Å². The first-order valence-electron chi connectivity index (χ1n) is 6.04. The van der Waals surface area contributed by atoms with Crippen LogP contribution >= 0.6 is 53.8 Å². The third kappa shape index (κ3) is 12.7. The second kappa shape index (κ2) is 7.08. The molecule has 0 aliphatic carbocycles. The average molecular weight is 355 g/mol. The van der Waals surface area contributed by atoms with Gasteiger partial charge in [-0.1, -0.05) is 70.2 Å². The van der Waals surface area contributed by atoms with Gasteiger partial charge in [-0.15, -0.1) is 0 Å². The fourth-order valence-corrected chi connectivity index (χ4v) is 9.06. The minimum atomic E-state index is -2.11. The molecule has 6 heteroatoms. The van der Waals surface area contributed by atoms with E-state index < -0.39 is 3.81 Å². The van der Waals surface area contributed by atoms with E-state index in [1.807, 2.05) is 0 Å². The fourth-order valence-electron chi connectivity index (χ4n) is 3.02. The monoisotopic (exact) mass is 353 g/mol. The van der Waals surface area contributed by atoms with E-state index in [1.54, 1.807) is 0 Å². The molecule has 0 saturated heterocycles. The summed E-state index contributed by atoms with van der Waals surface area (Å²) < 4.78 is -2.11. The minimum absolute atomic E-state index is 0.0162. The Kier molecular flexibility index (Phi) is 8.63. The maximum absolute atomic E-state index is 4.89. The van der Waals surface area contributed by atoms with Gasteiger partial charge in [0.15, 0.2) is 0 Å². The van der Waals surface area contributed by atoms with Crippen LogP contribution < -0.4 is 0 Å². The Balaban J connectivity index is 0. The zero-order valence-corrected chi connectivity index (χ0v) is 17.0. The smallest absolute Gasteiger partial charge is 0.328 e. The van der Waals surface area contributed by atoms with E-state index >= 15 is 0 Å². The van der Waals surface area contributed by atoms with Crippen molar-refractivity contribution in [2.75, 3.05) is 0 Å². The second-order valence-corrected chi connectivity index (χ2v) is 16.0. The van der Waals surface area contributed by atoms with Crippen LogP contribution in [-0.2, 0) is 0 Å². The summed E-state index contributed by atoms with van der Waals surface area (Å²) in [6.45, 7) is 21.5. The van der Waals surface area contributed by atoms with Crippen LogP contribution in [-0.4, -0.2) is 19.3 Å².